The summed E-state index contributed by atoms with van der Waals surface area (Å²) in [7, 11) is -6.70. The first-order valence-electron chi connectivity index (χ1n) is 3.84. The molecule has 0 unspecified atom stereocenters. The van der Waals surface area contributed by atoms with Crippen LogP contribution >= 0.6 is 7.14 Å². The molecule has 4 nitrogen and oxygen atoms in total. The highest BCUT2D eigenvalue weighted by Crippen LogP contribution is 2.34. The van der Waals surface area contributed by atoms with Crippen molar-refractivity contribution in [3.8, 4) is 0 Å². The molecule has 0 aliphatic carbocycles. The van der Waals surface area contributed by atoms with E-state index in [1.54, 1.807) is 6.07 Å². The van der Waals surface area contributed by atoms with Crippen LogP contribution in [0.15, 0.2) is 29.2 Å². The van der Waals surface area contributed by atoms with Gasteiger partial charge in [0.2, 0.25) is 0 Å². The molecule has 1 N–H and O–H groups in total. The third-order valence-electron chi connectivity index (χ3n) is 1.74. The molecule has 0 heterocycles. The van der Waals surface area contributed by atoms with E-state index < -0.39 is 17.3 Å². The predicted molar refractivity (Wildman–Crippen MR) is 55.3 cm³/mol. The lowest BCUT2D eigenvalue weighted by molar-refractivity contribution is 0.483. The Kier molecular flexibility index (Phi) is 2.86. The second-order valence-corrected chi connectivity index (χ2v) is 7.96. The van der Waals surface area contributed by atoms with Gasteiger partial charge >= 0.3 is 0 Å². The molecule has 1 aromatic carbocycles. The van der Waals surface area contributed by atoms with Gasteiger partial charge in [0.05, 0.1) is 4.90 Å². The monoisotopic (exact) mass is 234 g/mol. The maximum Gasteiger partial charge on any atom is 0.294 e. The van der Waals surface area contributed by atoms with E-state index in [1.165, 1.54) is 31.5 Å². The Morgan fingerprint density at radius 3 is 2.29 bits per heavy atom. The van der Waals surface area contributed by atoms with Crippen LogP contribution in [-0.2, 0) is 14.7 Å². The van der Waals surface area contributed by atoms with Gasteiger partial charge in [0.15, 0.2) is 0 Å². The molecule has 1 rings (SSSR count). The van der Waals surface area contributed by atoms with Gasteiger partial charge in [-0.25, -0.2) is 0 Å². The smallest absolute Gasteiger partial charge is 0.294 e. The molecular formula is C8H11O4PS. The van der Waals surface area contributed by atoms with Crippen molar-refractivity contribution in [3.05, 3.63) is 24.3 Å². The Hall–Kier alpha value is -0.640. The highest BCUT2D eigenvalue weighted by molar-refractivity contribution is 7.85. The van der Waals surface area contributed by atoms with E-state index in [9.17, 15) is 13.0 Å². The Labute approximate surface area is 83.1 Å². The van der Waals surface area contributed by atoms with Gasteiger partial charge < -0.3 is 4.57 Å². The molecule has 14 heavy (non-hydrogen) atoms. The minimum Gasteiger partial charge on any atom is -0.319 e. The molecule has 78 valence electrons. The molecular weight excluding hydrogens is 223 g/mol. The molecule has 0 radical (unpaired) electrons. The average Bonchev–Trinajstić information content (AvgIpc) is 2.01. The fourth-order valence-electron chi connectivity index (χ4n) is 0.979. The van der Waals surface area contributed by atoms with Crippen LogP contribution in [0.25, 0.3) is 0 Å². The summed E-state index contributed by atoms with van der Waals surface area (Å²) >= 11 is 0. The Morgan fingerprint density at radius 2 is 1.86 bits per heavy atom. The van der Waals surface area contributed by atoms with Crippen LogP contribution in [0.2, 0.25) is 0 Å². The number of rotatable bonds is 2. The molecule has 0 atom stereocenters. The molecule has 0 amide bonds. The maximum atomic E-state index is 11.6. The van der Waals surface area contributed by atoms with E-state index in [-0.39, 0.29) is 4.90 Å². The number of hydrogen-bond acceptors (Lipinski definition) is 3. The Morgan fingerprint density at radius 1 is 1.29 bits per heavy atom. The molecule has 6 heteroatoms. The first-order valence-corrected chi connectivity index (χ1v) is 7.88. The fourth-order valence-corrected chi connectivity index (χ4v) is 2.49. The first kappa shape index (κ1) is 11.4. The third-order valence-corrected chi connectivity index (χ3v) is 4.11. The second-order valence-electron chi connectivity index (χ2n) is 3.32. The topological polar surface area (TPSA) is 71.4 Å². The summed E-state index contributed by atoms with van der Waals surface area (Å²) in [4.78, 5) is -0.223. The zero-order chi connectivity index (χ0) is 11.0. The van der Waals surface area contributed by atoms with Crippen molar-refractivity contribution in [1.29, 1.82) is 0 Å². The molecule has 0 saturated carbocycles. The lowest BCUT2D eigenvalue weighted by Crippen LogP contribution is -2.07. The van der Waals surface area contributed by atoms with Gasteiger partial charge in [-0.05, 0) is 25.5 Å². The maximum absolute atomic E-state index is 11.6. The predicted octanol–water partition coefficient (Wildman–Crippen LogP) is 1.18. The molecule has 0 aliphatic rings. The summed E-state index contributed by atoms with van der Waals surface area (Å²) in [5, 5.41) is 0.438. The average molecular weight is 234 g/mol. The quantitative estimate of drug-likeness (QED) is 0.616. The molecule has 0 aromatic heterocycles. The molecule has 0 fully saturated rings. The Bertz CT molecular complexity index is 486. The summed E-state index contributed by atoms with van der Waals surface area (Å²) in [6.45, 7) is 3.08. The van der Waals surface area contributed by atoms with Crippen molar-refractivity contribution in [2.24, 2.45) is 0 Å². The van der Waals surface area contributed by atoms with Gasteiger partial charge in [-0.1, -0.05) is 12.1 Å². The van der Waals surface area contributed by atoms with Gasteiger partial charge in [0.1, 0.15) is 7.14 Å². The van der Waals surface area contributed by atoms with Crippen LogP contribution in [0.4, 0.5) is 0 Å². The van der Waals surface area contributed by atoms with E-state index in [0.717, 1.165) is 0 Å². The van der Waals surface area contributed by atoms with Crippen LogP contribution in [0, 0.1) is 0 Å². The van der Waals surface area contributed by atoms with Crippen LogP contribution in [0.1, 0.15) is 0 Å². The molecule has 0 spiro atoms. The summed E-state index contributed by atoms with van der Waals surface area (Å²) in [6.07, 6.45) is 0. The number of hydrogen-bond donors (Lipinski definition) is 1. The van der Waals surface area contributed by atoms with E-state index in [0.29, 0.717) is 5.30 Å². The van der Waals surface area contributed by atoms with E-state index in [4.69, 9.17) is 4.55 Å². The summed E-state index contributed by atoms with van der Waals surface area (Å²) in [5.41, 5.74) is 0. The molecule has 1 aromatic rings. The summed E-state index contributed by atoms with van der Waals surface area (Å²) in [6, 6.07) is 5.53. The fraction of sp³-hybridized carbons (Fsp3) is 0.250. The zero-order valence-electron chi connectivity index (χ0n) is 7.84. The normalized spacial score (nSPS) is 12.8. The minimum absolute atomic E-state index is 0.223. The van der Waals surface area contributed by atoms with Crippen molar-refractivity contribution >= 4 is 22.6 Å². The highest BCUT2D eigenvalue weighted by atomic mass is 32.2. The van der Waals surface area contributed by atoms with Crippen molar-refractivity contribution in [2.45, 2.75) is 4.90 Å². The highest BCUT2D eigenvalue weighted by Gasteiger charge is 2.15. The van der Waals surface area contributed by atoms with Crippen LogP contribution in [0.5, 0.6) is 0 Å². The standard InChI is InChI=1S/C8H11O4PS/c1-13(2,9)7-4-3-5-8(6-7)14(10,11)12/h3-6H,1-2H3,(H,10,11,12). The minimum atomic E-state index is -4.21. The third kappa shape index (κ3) is 2.67. The Balaban J connectivity index is 3.36. The zero-order valence-corrected chi connectivity index (χ0v) is 9.55. The molecule has 0 bridgehead atoms. The first-order chi connectivity index (χ1) is 6.21. The van der Waals surface area contributed by atoms with Gasteiger partial charge in [-0.3, -0.25) is 4.55 Å². The summed E-state index contributed by atoms with van der Waals surface area (Å²) < 4.78 is 41.9. The van der Waals surface area contributed by atoms with Crippen LogP contribution in [-0.4, -0.2) is 26.3 Å². The van der Waals surface area contributed by atoms with E-state index >= 15 is 0 Å². The van der Waals surface area contributed by atoms with Gasteiger partial charge in [-0.15, -0.1) is 0 Å². The largest absolute Gasteiger partial charge is 0.319 e. The SMILES string of the molecule is CP(C)(=O)c1cccc(S(=O)(=O)O)c1. The van der Waals surface area contributed by atoms with Gasteiger partial charge in [0.25, 0.3) is 10.1 Å². The lowest BCUT2D eigenvalue weighted by atomic mass is 10.4. The van der Waals surface area contributed by atoms with Crippen molar-refractivity contribution in [2.75, 3.05) is 13.3 Å². The van der Waals surface area contributed by atoms with Crippen molar-refractivity contribution in [1.82, 2.24) is 0 Å². The molecule has 0 saturated heterocycles. The second kappa shape index (κ2) is 3.50. The van der Waals surface area contributed by atoms with Crippen LogP contribution < -0.4 is 5.30 Å². The van der Waals surface area contributed by atoms with E-state index in [2.05, 4.69) is 0 Å². The van der Waals surface area contributed by atoms with Crippen molar-refractivity contribution < 1.29 is 17.5 Å². The molecule has 0 aliphatic heterocycles. The van der Waals surface area contributed by atoms with E-state index in [1.807, 2.05) is 0 Å². The van der Waals surface area contributed by atoms with Crippen LogP contribution in [0.3, 0.4) is 0 Å². The van der Waals surface area contributed by atoms with Gasteiger partial charge in [0, 0.05) is 5.30 Å². The van der Waals surface area contributed by atoms with Crippen molar-refractivity contribution in [3.63, 3.8) is 0 Å². The lowest BCUT2D eigenvalue weighted by Gasteiger charge is -2.07. The summed E-state index contributed by atoms with van der Waals surface area (Å²) in [5.74, 6) is 0. The number of benzene rings is 1. The van der Waals surface area contributed by atoms with Gasteiger partial charge in [-0.2, -0.15) is 8.42 Å².